The maximum absolute atomic E-state index is 9.42. The highest BCUT2D eigenvalue weighted by Gasteiger charge is 2.39. The molecule has 4 nitrogen and oxygen atoms in total. The molecule has 0 N–H and O–H groups in total. The van der Waals surface area contributed by atoms with Crippen molar-refractivity contribution in [3.63, 3.8) is 0 Å². The second-order valence-corrected chi connectivity index (χ2v) is 8.34. The molecule has 5 heteroatoms. The lowest BCUT2D eigenvalue weighted by atomic mass is 10.00. The maximum Gasteiger partial charge on any atom is 0.101 e. The number of anilines is 1. The summed E-state index contributed by atoms with van der Waals surface area (Å²) in [6, 6.07) is 17.8. The summed E-state index contributed by atoms with van der Waals surface area (Å²) in [4.78, 5) is 9.55. The van der Waals surface area contributed by atoms with Gasteiger partial charge in [0.1, 0.15) is 6.07 Å². The number of fused-ring (bicyclic) bond motifs is 4. The van der Waals surface area contributed by atoms with E-state index >= 15 is 0 Å². The van der Waals surface area contributed by atoms with Crippen molar-refractivity contribution in [2.45, 2.75) is 25.6 Å². The van der Waals surface area contributed by atoms with E-state index in [0.717, 1.165) is 35.0 Å². The van der Waals surface area contributed by atoms with Gasteiger partial charge in [-0.15, -0.1) is 0 Å². The molecule has 1 saturated heterocycles. The van der Waals surface area contributed by atoms with Gasteiger partial charge >= 0.3 is 0 Å². The molecule has 0 aliphatic carbocycles. The lowest BCUT2D eigenvalue weighted by molar-refractivity contribution is 0.134. The number of aromatic nitrogens is 1. The molecule has 2 aromatic carbocycles. The molecule has 2 aliphatic rings. The summed E-state index contributed by atoms with van der Waals surface area (Å²) in [5.74, 6) is 0. The van der Waals surface area contributed by atoms with Crippen LogP contribution in [0.1, 0.15) is 29.7 Å². The lowest BCUT2D eigenvalue weighted by Gasteiger charge is -2.43. The van der Waals surface area contributed by atoms with Crippen molar-refractivity contribution in [3.05, 3.63) is 69.8 Å². The number of piperazine rings is 1. The first-order chi connectivity index (χ1) is 13.2. The molecular weight excluding hydrogens is 400 g/mol. The van der Waals surface area contributed by atoms with Gasteiger partial charge in [-0.1, -0.05) is 22.0 Å². The van der Waals surface area contributed by atoms with Gasteiger partial charge < -0.3 is 4.90 Å². The molecule has 3 heterocycles. The molecule has 0 amide bonds. The minimum atomic E-state index is 0.402. The Morgan fingerprint density at radius 1 is 1.19 bits per heavy atom. The van der Waals surface area contributed by atoms with E-state index in [2.05, 4.69) is 74.0 Å². The number of hydrogen-bond donors (Lipinski definition) is 0. The van der Waals surface area contributed by atoms with Gasteiger partial charge in [0.25, 0.3) is 0 Å². The first-order valence-corrected chi connectivity index (χ1v) is 10.0. The first-order valence-electron chi connectivity index (χ1n) is 9.22. The van der Waals surface area contributed by atoms with E-state index in [0.29, 0.717) is 17.6 Å². The fraction of sp³-hybridized carbons (Fsp3) is 0.273. The number of pyridine rings is 1. The number of halogens is 1. The Morgan fingerprint density at radius 2 is 2.07 bits per heavy atom. The first kappa shape index (κ1) is 16.7. The second-order valence-electron chi connectivity index (χ2n) is 7.43. The van der Waals surface area contributed by atoms with Crippen LogP contribution in [0.5, 0.6) is 0 Å². The molecule has 0 radical (unpaired) electrons. The fourth-order valence-electron chi connectivity index (χ4n) is 4.62. The summed E-state index contributed by atoms with van der Waals surface area (Å²) >= 11 is 3.61. The molecule has 3 aromatic rings. The zero-order valence-electron chi connectivity index (χ0n) is 15.1. The molecule has 5 rings (SSSR count). The third kappa shape index (κ3) is 2.63. The molecule has 27 heavy (non-hydrogen) atoms. The summed E-state index contributed by atoms with van der Waals surface area (Å²) in [7, 11) is 0. The Morgan fingerprint density at radius 3 is 2.93 bits per heavy atom. The number of rotatable bonds is 1. The predicted octanol–water partition coefficient (Wildman–Crippen LogP) is 4.63. The predicted molar refractivity (Wildman–Crippen MR) is 111 cm³/mol. The van der Waals surface area contributed by atoms with Gasteiger partial charge in [0, 0.05) is 47.4 Å². The molecule has 1 aromatic heterocycles. The standard InChI is InChI=1S/C22H19BrN4/c1-14-11-26(13-21-18-6-5-17(23)9-16(18)12-27(14)21)20-7-4-15(10-24)22-19(20)3-2-8-25-22/h2-9,14,21H,11-13H2,1H3. The van der Waals surface area contributed by atoms with E-state index in [1.807, 2.05) is 12.1 Å². The Bertz CT molecular complexity index is 1090. The summed E-state index contributed by atoms with van der Waals surface area (Å²) in [5.41, 5.74) is 5.47. The molecule has 0 saturated carbocycles. The average Bonchev–Trinajstić information content (AvgIpc) is 3.05. The molecule has 1 fully saturated rings. The van der Waals surface area contributed by atoms with Crippen LogP contribution in [0.3, 0.4) is 0 Å². The molecule has 2 atom stereocenters. The van der Waals surface area contributed by atoms with Gasteiger partial charge in [0.2, 0.25) is 0 Å². The summed E-state index contributed by atoms with van der Waals surface area (Å²) < 4.78 is 1.15. The minimum absolute atomic E-state index is 0.402. The summed E-state index contributed by atoms with van der Waals surface area (Å²) in [6.45, 7) is 5.25. The highest BCUT2D eigenvalue weighted by molar-refractivity contribution is 9.10. The third-order valence-corrected chi connectivity index (χ3v) is 6.36. The number of hydrogen-bond acceptors (Lipinski definition) is 4. The van der Waals surface area contributed by atoms with Crippen LogP contribution in [0.25, 0.3) is 10.9 Å². The smallest absolute Gasteiger partial charge is 0.101 e. The highest BCUT2D eigenvalue weighted by atomic mass is 79.9. The van der Waals surface area contributed by atoms with Crippen molar-refractivity contribution in [1.29, 1.82) is 5.26 Å². The van der Waals surface area contributed by atoms with Gasteiger partial charge in [0.05, 0.1) is 17.1 Å². The van der Waals surface area contributed by atoms with E-state index < -0.39 is 0 Å². The topological polar surface area (TPSA) is 43.2 Å². The molecular formula is C22H19BrN4. The zero-order valence-corrected chi connectivity index (χ0v) is 16.6. The minimum Gasteiger partial charge on any atom is -0.368 e. The Labute approximate surface area is 167 Å². The van der Waals surface area contributed by atoms with E-state index in [9.17, 15) is 5.26 Å². The van der Waals surface area contributed by atoms with Crippen LogP contribution in [0.15, 0.2) is 53.1 Å². The van der Waals surface area contributed by atoms with Crippen molar-refractivity contribution in [3.8, 4) is 6.07 Å². The molecule has 2 unspecified atom stereocenters. The highest BCUT2D eigenvalue weighted by Crippen LogP contribution is 2.41. The fourth-order valence-corrected chi connectivity index (χ4v) is 5.02. The molecule has 0 bridgehead atoms. The average molecular weight is 419 g/mol. The number of benzene rings is 2. The van der Waals surface area contributed by atoms with Crippen molar-refractivity contribution in [2.24, 2.45) is 0 Å². The quantitative estimate of drug-likeness (QED) is 0.577. The van der Waals surface area contributed by atoms with Crippen LogP contribution in [0.2, 0.25) is 0 Å². The monoisotopic (exact) mass is 418 g/mol. The molecule has 2 aliphatic heterocycles. The maximum atomic E-state index is 9.42. The Hall–Kier alpha value is -2.42. The van der Waals surface area contributed by atoms with Gasteiger partial charge in [-0.3, -0.25) is 9.88 Å². The Balaban J connectivity index is 1.57. The molecule has 134 valence electrons. The normalized spacial score (nSPS) is 21.7. The Kier molecular flexibility index (Phi) is 3.92. The van der Waals surface area contributed by atoms with Crippen LogP contribution in [0.4, 0.5) is 5.69 Å². The van der Waals surface area contributed by atoms with Crippen molar-refractivity contribution < 1.29 is 0 Å². The summed E-state index contributed by atoms with van der Waals surface area (Å²) in [5, 5.41) is 10.5. The largest absolute Gasteiger partial charge is 0.368 e. The van der Waals surface area contributed by atoms with E-state index in [4.69, 9.17) is 0 Å². The van der Waals surface area contributed by atoms with Gasteiger partial charge in [-0.05, 0) is 54.4 Å². The van der Waals surface area contributed by atoms with Crippen LogP contribution in [-0.4, -0.2) is 29.0 Å². The van der Waals surface area contributed by atoms with Gasteiger partial charge in [-0.25, -0.2) is 0 Å². The van der Waals surface area contributed by atoms with E-state index in [1.165, 1.54) is 16.8 Å². The van der Waals surface area contributed by atoms with E-state index in [-0.39, 0.29) is 0 Å². The molecule has 0 spiro atoms. The number of nitriles is 1. The van der Waals surface area contributed by atoms with Crippen LogP contribution in [-0.2, 0) is 6.54 Å². The SMILES string of the molecule is CC1CN(c2ccc(C#N)c3ncccc23)CC2c3ccc(Br)cc3CN12. The van der Waals surface area contributed by atoms with Crippen molar-refractivity contribution >= 4 is 32.5 Å². The van der Waals surface area contributed by atoms with Gasteiger partial charge in [-0.2, -0.15) is 5.26 Å². The zero-order chi connectivity index (χ0) is 18.5. The number of nitrogens with zero attached hydrogens (tertiary/aromatic N) is 4. The van der Waals surface area contributed by atoms with Crippen LogP contribution >= 0.6 is 15.9 Å². The van der Waals surface area contributed by atoms with Gasteiger partial charge in [0.15, 0.2) is 0 Å². The van der Waals surface area contributed by atoms with E-state index in [1.54, 1.807) is 6.20 Å². The van der Waals surface area contributed by atoms with Crippen molar-refractivity contribution in [2.75, 3.05) is 18.0 Å². The summed E-state index contributed by atoms with van der Waals surface area (Å²) in [6.07, 6.45) is 1.76. The van der Waals surface area contributed by atoms with Crippen molar-refractivity contribution in [1.82, 2.24) is 9.88 Å². The van der Waals surface area contributed by atoms with Crippen LogP contribution in [0, 0.1) is 11.3 Å². The van der Waals surface area contributed by atoms with Crippen LogP contribution < -0.4 is 4.90 Å². The lowest BCUT2D eigenvalue weighted by Crippen LogP contribution is -2.51. The third-order valence-electron chi connectivity index (χ3n) is 5.87. The second kappa shape index (κ2) is 6.33.